The highest BCUT2D eigenvalue weighted by molar-refractivity contribution is 5.04. The standard InChI is InChI=1S/C16H28N4O2/c1-18-10-15(9-17-18)11-20-6-8-22-14-16(13-20)3-4-19(12-16)5-7-21-2/h9-10H,3-8,11-14H2,1-2H3/t16-/m0/s1. The molecule has 0 unspecified atom stereocenters. The topological polar surface area (TPSA) is 42.8 Å². The Kier molecular flexibility index (Phi) is 5.13. The second-order valence-corrected chi connectivity index (χ2v) is 6.80. The first kappa shape index (κ1) is 15.9. The molecule has 2 aliphatic rings. The summed E-state index contributed by atoms with van der Waals surface area (Å²) in [7, 11) is 3.75. The van der Waals surface area contributed by atoms with Gasteiger partial charge in [-0.2, -0.15) is 5.10 Å². The quantitative estimate of drug-likeness (QED) is 0.796. The van der Waals surface area contributed by atoms with E-state index >= 15 is 0 Å². The largest absolute Gasteiger partial charge is 0.383 e. The molecule has 0 radical (unpaired) electrons. The highest BCUT2D eigenvalue weighted by atomic mass is 16.5. The van der Waals surface area contributed by atoms with Crippen molar-refractivity contribution in [2.45, 2.75) is 13.0 Å². The van der Waals surface area contributed by atoms with E-state index in [0.717, 1.165) is 59.1 Å². The lowest BCUT2D eigenvalue weighted by molar-refractivity contribution is 0.0682. The van der Waals surface area contributed by atoms with Crippen LogP contribution in [0.15, 0.2) is 12.4 Å². The van der Waals surface area contributed by atoms with Crippen LogP contribution < -0.4 is 0 Å². The molecule has 0 saturated carbocycles. The minimum Gasteiger partial charge on any atom is -0.383 e. The molecule has 6 nitrogen and oxygen atoms in total. The smallest absolute Gasteiger partial charge is 0.0593 e. The van der Waals surface area contributed by atoms with Gasteiger partial charge in [0.25, 0.3) is 0 Å². The summed E-state index contributed by atoms with van der Waals surface area (Å²) < 4.78 is 13.0. The predicted molar refractivity (Wildman–Crippen MR) is 84.7 cm³/mol. The van der Waals surface area contributed by atoms with Gasteiger partial charge in [-0.15, -0.1) is 0 Å². The lowest BCUT2D eigenvalue weighted by atomic mass is 9.87. The monoisotopic (exact) mass is 308 g/mol. The molecule has 1 atom stereocenters. The first-order chi connectivity index (χ1) is 10.7. The Labute approximate surface area is 133 Å². The summed E-state index contributed by atoms with van der Waals surface area (Å²) in [5, 5.41) is 4.28. The first-order valence-corrected chi connectivity index (χ1v) is 8.18. The second-order valence-electron chi connectivity index (χ2n) is 6.80. The molecule has 0 aliphatic carbocycles. The Hall–Kier alpha value is -0.950. The van der Waals surface area contributed by atoms with E-state index < -0.39 is 0 Å². The van der Waals surface area contributed by atoms with Gasteiger partial charge in [0, 0.05) is 64.1 Å². The van der Waals surface area contributed by atoms with Crippen molar-refractivity contribution in [1.82, 2.24) is 19.6 Å². The van der Waals surface area contributed by atoms with Crippen molar-refractivity contribution in [1.29, 1.82) is 0 Å². The number of nitrogens with zero attached hydrogens (tertiary/aromatic N) is 4. The zero-order valence-corrected chi connectivity index (χ0v) is 13.8. The molecule has 2 aliphatic heterocycles. The van der Waals surface area contributed by atoms with E-state index in [-0.39, 0.29) is 5.41 Å². The number of ether oxygens (including phenoxy) is 2. The van der Waals surface area contributed by atoms with E-state index in [9.17, 15) is 0 Å². The summed E-state index contributed by atoms with van der Waals surface area (Å²) in [6.07, 6.45) is 5.30. The number of aromatic nitrogens is 2. The van der Waals surface area contributed by atoms with E-state index in [4.69, 9.17) is 9.47 Å². The molecule has 22 heavy (non-hydrogen) atoms. The van der Waals surface area contributed by atoms with Crippen LogP contribution in [0.5, 0.6) is 0 Å². The van der Waals surface area contributed by atoms with Crippen LogP contribution in [0.3, 0.4) is 0 Å². The number of hydrogen-bond acceptors (Lipinski definition) is 5. The fraction of sp³-hybridized carbons (Fsp3) is 0.812. The maximum atomic E-state index is 5.94. The molecule has 2 fully saturated rings. The first-order valence-electron chi connectivity index (χ1n) is 8.18. The normalized spacial score (nSPS) is 27.5. The third-order valence-corrected chi connectivity index (χ3v) is 4.81. The van der Waals surface area contributed by atoms with E-state index in [1.165, 1.54) is 12.0 Å². The molecule has 2 saturated heterocycles. The van der Waals surface area contributed by atoms with Gasteiger partial charge in [-0.05, 0) is 13.0 Å². The van der Waals surface area contributed by atoms with E-state index in [2.05, 4.69) is 21.1 Å². The minimum atomic E-state index is 0.284. The number of likely N-dealkylation sites (tertiary alicyclic amines) is 1. The average Bonchev–Trinajstić information content (AvgIpc) is 3.02. The lowest BCUT2D eigenvalue weighted by Gasteiger charge is -2.31. The summed E-state index contributed by atoms with van der Waals surface area (Å²) in [6.45, 7) is 8.95. The van der Waals surface area contributed by atoms with E-state index in [0.29, 0.717) is 0 Å². The molecule has 3 rings (SSSR count). The van der Waals surface area contributed by atoms with Crippen LogP contribution in [0.1, 0.15) is 12.0 Å². The maximum Gasteiger partial charge on any atom is 0.0593 e. The van der Waals surface area contributed by atoms with Gasteiger partial charge in [0.2, 0.25) is 0 Å². The Morgan fingerprint density at radius 1 is 1.32 bits per heavy atom. The van der Waals surface area contributed by atoms with Gasteiger partial charge in [-0.3, -0.25) is 9.58 Å². The van der Waals surface area contributed by atoms with Gasteiger partial charge in [-0.25, -0.2) is 0 Å². The van der Waals surface area contributed by atoms with Crippen LogP contribution in [0.2, 0.25) is 0 Å². The number of methoxy groups -OCH3 is 1. The Morgan fingerprint density at radius 2 is 2.18 bits per heavy atom. The van der Waals surface area contributed by atoms with Crippen LogP contribution in [0.4, 0.5) is 0 Å². The molecule has 6 heteroatoms. The Bertz CT molecular complexity index is 478. The Morgan fingerprint density at radius 3 is 2.95 bits per heavy atom. The van der Waals surface area contributed by atoms with Gasteiger partial charge in [0.15, 0.2) is 0 Å². The van der Waals surface area contributed by atoms with Crippen molar-refractivity contribution in [3.05, 3.63) is 18.0 Å². The molecule has 1 aromatic rings. The van der Waals surface area contributed by atoms with Gasteiger partial charge >= 0.3 is 0 Å². The SMILES string of the molecule is COCCN1CC[C@]2(COCCN(Cc3cnn(C)c3)C2)C1. The van der Waals surface area contributed by atoms with Crippen molar-refractivity contribution < 1.29 is 9.47 Å². The molecular formula is C16H28N4O2. The summed E-state index contributed by atoms with van der Waals surface area (Å²) in [5.41, 5.74) is 1.57. The maximum absolute atomic E-state index is 5.94. The molecule has 0 N–H and O–H groups in total. The molecule has 0 bridgehead atoms. The van der Waals surface area contributed by atoms with Gasteiger partial charge in [0.05, 0.1) is 26.0 Å². The van der Waals surface area contributed by atoms with Gasteiger partial charge < -0.3 is 14.4 Å². The molecule has 124 valence electrons. The van der Waals surface area contributed by atoms with Gasteiger partial charge in [0.1, 0.15) is 0 Å². The average molecular weight is 308 g/mol. The van der Waals surface area contributed by atoms with E-state index in [1.54, 1.807) is 7.11 Å². The van der Waals surface area contributed by atoms with Crippen molar-refractivity contribution in [2.24, 2.45) is 12.5 Å². The summed E-state index contributed by atoms with van der Waals surface area (Å²) in [5.74, 6) is 0. The third-order valence-electron chi connectivity index (χ3n) is 4.81. The van der Waals surface area contributed by atoms with Crippen molar-refractivity contribution in [2.75, 3.05) is 59.7 Å². The Balaban J connectivity index is 1.60. The summed E-state index contributed by atoms with van der Waals surface area (Å²) in [6, 6.07) is 0. The van der Waals surface area contributed by atoms with E-state index in [1.807, 2.05) is 17.9 Å². The number of rotatable bonds is 5. The van der Waals surface area contributed by atoms with Crippen LogP contribution in [0, 0.1) is 5.41 Å². The third kappa shape index (κ3) is 3.87. The van der Waals surface area contributed by atoms with Crippen LogP contribution >= 0.6 is 0 Å². The van der Waals surface area contributed by atoms with Crippen LogP contribution in [0.25, 0.3) is 0 Å². The zero-order valence-electron chi connectivity index (χ0n) is 13.8. The molecule has 1 spiro atoms. The second kappa shape index (κ2) is 7.08. The molecule has 0 amide bonds. The highest BCUT2D eigenvalue weighted by Crippen LogP contribution is 2.33. The van der Waals surface area contributed by atoms with Crippen molar-refractivity contribution in [3.8, 4) is 0 Å². The minimum absolute atomic E-state index is 0.284. The fourth-order valence-corrected chi connectivity index (χ4v) is 3.71. The number of aryl methyl sites for hydroxylation is 1. The zero-order chi connectivity index (χ0) is 15.4. The fourth-order valence-electron chi connectivity index (χ4n) is 3.71. The summed E-state index contributed by atoms with van der Waals surface area (Å²) >= 11 is 0. The predicted octanol–water partition coefficient (Wildman–Crippen LogP) is 0.591. The van der Waals surface area contributed by atoms with Crippen molar-refractivity contribution >= 4 is 0 Å². The molecule has 1 aromatic heterocycles. The molecule has 3 heterocycles. The highest BCUT2D eigenvalue weighted by Gasteiger charge is 2.40. The van der Waals surface area contributed by atoms with Crippen LogP contribution in [-0.4, -0.2) is 79.2 Å². The lowest BCUT2D eigenvalue weighted by Crippen LogP contribution is -2.40. The summed E-state index contributed by atoms with van der Waals surface area (Å²) in [4.78, 5) is 5.05. The molecular weight excluding hydrogens is 280 g/mol. The molecule has 0 aromatic carbocycles. The van der Waals surface area contributed by atoms with Crippen LogP contribution in [-0.2, 0) is 23.1 Å². The number of hydrogen-bond donors (Lipinski definition) is 0. The van der Waals surface area contributed by atoms with Gasteiger partial charge in [-0.1, -0.05) is 0 Å². The van der Waals surface area contributed by atoms with Crippen molar-refractivity contribution in [3.63, 3.8) is 0 Å².